The third-order valence-electron chi connectivity index (χ3n) is 4.28. The van der Waals surface area contributed by atoms with E-state index in [1.165, 1.54) is 27.9 Å². The number of rotatable bonds is 7. The van der Waals surface area contributed by atoms with Gasteiger partial charge in [0.1, 0.15) is 11.5 Å². The van der Waals surface area contributed by atoms with Gasteiger partial charge in [0.15, 0.2) is 0 Å². The quantitative estimate of drug-likeness (QED) is 0.816. The molecule has 26 heavy (non-hydrogen) atoms. The number of aliphatic carboxylic acids is 1. The van der Waals surface area contributed by atoms with Crippen LogP contribution >= 0.6 is 0 Å². The van der Waals surface area contributed by atoms with Gasteiger partial charge in [-0.25, -0.2) is 9.07 Å². The van der Waals surface area contributed by atoms with Gasteiger partial charge in [0.2, 0.25) is 0 Å². The van der Waals surface area contributed by atoms with Gasteiger partial charge in [-0.05, 0) is 37.1 Å². The number of carbonyl (C=O) groups is 2. The fourth-order valence-electron chi connectivity index (χ4n) is 2.96. The Labute approximate surface area is 150 Å². The summed E-state index contributed by atoms with van der Waals surface area (Å²) in [6.07, 6.45) is 4.60. The van der Waals surface area contributed by atoms with Crippen molar-refractivity contribution in [3.63, 3.8) is 0 Å². The standard InChI is InChI=1S/C18H20FN3O4/c19-15-11-13(4-5-16(15)22-8-2-7-20-22)18(25)21(9-6-17(23)24)12-14-3-1-10-26-14/h2,4-5,7-8,11,14H,1,3,6,9-10,12H2,(H,23,24)/t14-/m0/s1. The van der Waals surface area contributed by atoms with Gasteiger partial charge in [-0.2, -0.15) is 5.10 Å². The molecule has 1 saturated heterocycles. The van der Waals surface area contributed by atoms with Crippen molar-refractivity contribution < 1.29 is 23.8 Å². The Balaban J connectivity index is 1.78. The maximum atomic E-state index is 14.4. The topological polar surface area (TPSA) is 84.7 Å². The summed E-state index contributed by atoms with van der Waals surface area (Å²) in [6, 6.07) is 5.83. The Hall–Kier alpha value is -2.74. The second-order valence-electron chi connectivity index (χ2n) is 6.15. The van der Waals surface area contributed by atoms with Crippen LogP contribution in [0.2, 0.25) is 0 Å². The first-order valence-electron chi connectivity index (χ1n) is 8.47. The predicted molar refractivity (Wildman–Crippen MR) is 90.7 cm³/mol. The maximum absolute atomic E-state index is 14.4. The van der Waals surface area contributed by atoms with E-state index in [1.807, 2.05) is 0 Å². The predicted octanol–water partition coefficient (Wildman–Crippen LogP) is 2.11. The molecule has 1 aliphatic rings. The average Bonchev–Trinajstić information content (AvgIpc) is 3.31. The van der Waals surface area contributed by atoms with E-state index in [1.54, 1.807) is 12.3 Å². The summed E-state index contributed by atoms with van der Waals surface area (Å²) in [7, 11) is 0. The Morgan fingerprint density at radius 1 is 1.42 bits per heavy atom. The normalized spacial score (nSPS) is 16.6. The van der Waals surface area contributed by atoms with E-state index in [0.717, 1.165) is 18.9 Å². The van der Waals surface area contributed by atoms with Crippen molar-refractivity contribution in [1.82, 2.24) is 14.7 Å². The second-order valence-corrected chi connectivity index (χ2v) is 6.15. The molecule has 0 spiro atoms. The molecule has 8 heteroatoms. The van der Waals surface area contributed by atoms with Crippen LogP contribution in [0.25, 0.3) is 5.69 Å². The highest BCUT2D eigenvalue weighted by molar-refractivity contribution is 5.94. The van der Waals surface area contributed by atoms with Crippen LogP contribution in [0, 0.1) is 5.82 Å². The van der Waals surface area contributed by atoms with Crippen molar-refractivity contribution in [1.29, 1.82) is 0 Å². The first kappa shape index (κ1) is 18.1. The lowest BCUT2D eigenvalue weighted by atomic mass is 10.1. The number of ether oxygens (including phenoxy) is 1. The van der Waals surface area contributed by atoms with E-state index >= 15 is 0 Å². The number of halogens is 1. The average molecular weight is 361 g/mol. The van der Waals surface area contributed by atoms with Crippen LogP contribution in [-0.2, 0) is 9.53 Å². The molecule has 1 aliphatic heterocycles. The summed E-state index contributed by atoms with van der Waals surface area (Å²) in [4.78, 5) is 25.1. The Morgan fingerprint density at radius 2 is 2.27 bits per heavy atom. The van der Waals surface area contributed by atoms with Crippen LogP contribution in [0.1, 0.15) is 29.6 Å². The summed E-state index contributed by atoms with van der Waals surface area (Å²) in [5.41, 5.74) is 0.407. The molecule has 1 aromatic heterocycles. The largest absolute Gasteiger partial charge is 0.481 e. The minimum atomic E-state index is -0.990. The van der Waals surface area contributed by atoms with Crippen LogP contribution in [0.15, 0.2) is 36.7 Å². The maximum Gasteiger partial charge on any atom is 0.305 e. The smallest absolute Gasteiger partial charge is 0.305 e. The summed E-state index contributed by atoms with van der Waals surface area (Å²) >= 11 is 0. The molecule has 1 aromatic carbocycles. The van der Waals surface area contributed by atoms with E-state index < -0.39 is 17.7 Å². The molecule has 0 aliphatic carbocycles. The van der Waals surface area contributed by atoms with Gasteiger partial charge in [-0.1, -0.05) is 0 Å². The monoisotopic (exact) mass is 361 g/mol. The summed E-state index contributed by atoms with van der Waals surface area (Å²) in [5.74, 6) is -1.97. The van der Waals surface area contributed by atoms with E-state index in [0.29, 0.717) is 13.2 Å². The van der Waals surface area contributed by atoms with Crippen LogP contribution in [-0.4, -0.2) is 57.5 Å². The number of carboxylic acids is 1. The molecule has 138 valence electrons. The molecule has 2 aromatic rings. The molecule has 0 bridgehead atoms. The molecule has 0 radical (unpaired) electrons. The molecular formula is C18H20FN3O4. The van der Waals surface area contributed by atoms with Gasteiger partial charge in [0.05, 0.1) is 12.5 Å². The molecule has 7 nitrogen and oxygen atoms in total. The lowest BCUT2D eigenvalue weighted by molar-refractivity contribution is -0.137. The Kier molecular flexibility index (Phi) is 5.62. The van der Waals surface area contributed by atoms with E-state index in [2.05, 4.69) is 5.10 Å². The van der Waals surface area contributed by atoms with E-state index in [9.17, 15) is 14.0 Å². The van der Waals surface area contributed by atoms with Gasteiger partial charge < -0.3 is 14.7 Å². The van der Waals surface area contributed by atoms with Crippen molar-refractivity contribution in [2.45, 2.75) is 25.4 Å². The van der Waals surface area contributed by atoms with Crippen LogP contribution in [0.4, 0.5) is 4.39 Å². The molecule has 1 N–H and O–H groups in total. The molecule has 0 unspecified atom stereocenters. The Morgan fingerprint density at radius 3 is 2.88 bits per heavy atom. The highest BCUT2D eigenvalue weighted by Crippen LogP contribution is 2.18. The van der Waals surface area contributed by atoms with Crippen molar-refractivity contribution in [2.24, 2.45) is 0 Å². The number of nitrogens with zero attached hydrogens (tertiary/aromatic N) is 3. The zero-order valence-electron chi connectivity index (χ0n) is 14.2. The number of hydrogen-bond acceptors (Lipinski definition) is 4. The number of carbonyl (C=O) groups excluding carboxylic acids is 1. The summed E-state index contributed by atoms with van der Waals surface area (Å²) < 4.78 is 21.3. The highest BCUT2D eigenvalue weighted by Gasteiger charge is 2.24. The third-order valence-corrected chi connectivity index (χ3v) is 4.28. The minimum absolute atomic E-state index is 0.0521. The zero-order valence-corrected chi connectivity index (χ0v) is 14.2. The van der Waals surface area contributed by atoms with Crippen molar-refractivity contribution in [3.8, 4) is 5.69 Å². The van der Waals surface area contributed by atoms with Gasteiger partial charge >= 0.3 is 5.97 Å². The lowest BCUT2D eigenvalue weighted by Crippen LogP contribution is -2.38. The van der Waals surface area contributed by atoms with Gasteiger partial charge in [0.25, 0.3) is 5.91 Å². The van der Waals surface area contributed by atoms with Gasteiger partial charge in [-0.3, -0.25) is 9.59 Å². The Bertz CT molecular complexity index is 773. The lowest BCUT2D eigenvalue weighted by Gasteiger charge is -2.25. The molecular weight excluding hydrogens is 341 g/mol. The van der Waals surface area contributed by atoms with Crippen molar-refractivity contribution in [2.75, 3.05) is 19.7 Å². The molecule has 1 atom stereocenters. The van der Waals surface area contributed by atoms with Crippen LogP contribution in [0.3, 0.4) is 0 Å². The molecule has 2 heterocycles. The first-order chi connectivity index (χ1) is 12.5. The van der Waals surface area contributed by atoms with E-state index in [-0.39, 0.29) is 30.3 Å². The van der Waals surface area contributed by atoms with E-state index in [4.69, 9.17) is 9.84 Å². The number of aromatic nitrogens is 2. The number of amides is 1. The number of hydrogen-bond donors (Lipinski definition) is 1. The molecule has 1 fully saturated rings. The van der Waals surface area contributed by atoms with Gasteiger partial charge in [0, 0.05) is 37.7 Å². The molecule has 1 amide bonds. The van der Waals surface area contributed by atoms with Crippen molar-refractivity contribution in [3.05, 3.63) is 48.0 Å². The fourth-order valence-corrected chi connectivity index (χ4v) is 2.96. The highest BCUT2D eigenvalue weighted by atomic mass is 19.1. The summed E-state index contributed by atoms with van der Waals surface area (Å²) in [5, 5.41) is 12.9. The minimum Gasteiger partial charge on any atom is -0.481 e. The number of benzene rings is 1. The van der Waals surface area contributed by atoms with Crippen LogP contribution in [0.5, 0.6) is 0 Å². The number of carboxylic acid groups (broad SMARTS) is 1. The zero-order chi connectivity index (χ0) is 18.5. The van der Waals surface area contributed by atoms with Crippen molar-refractivity contribution >= 4 is 11.9 Å². The third kappa shape index (κ3) is 4.26. The first-order valence-corrected chi connectivity index (χ1v) is 8.47. The molecule has 0 saturated carbocycles. The summed E-state index contributed by atoms with van der Waals surface area (Å²) in [6.45, 7) is 0.990. The second kappa shape index (κ2) is 8.09. The fraction of sp³-hybridized carbons (Fsp3) is 0.389. The SMILES string of the molecule is O=C(O)CCN(C[C@@H]1CCCO1)C(=O)c1ccc(-n2cccn2)c(F)c1. The van der Waals surface area contributed by atoms with Gasteiger partial charge in [-0.15, -0.1) is 0 Å². The van der Waals surface area contributed by atoms with Crippen LogP contribution < -0.4 is 0 Å². The molecule has 3 rings (SSSR count).